The van der Waals surface area contributed by atoms with Gasteiger partial charge >= 0.3 is 5.97 Å². The molecule has 0 saturated carbocycles. The lowest BCUT2D eigenvalue weighted by Gasteiger charge is -2.26. The quantitative estimate of drug-likeness (QED) is 0.536. The summed E-state index contributed by atoms with van der Waals surface area (Å²) in [4.78, 5) is 27.5. The minimum absolute atomic E-state index is 0.0603. The van der Waals surface area contributed by atoms with Gasteiger partial charge in [0, 0.05) is 22.5 Å². The van der Waals surface area contributed by atoms with Crippen molar-refractivity contribution in [2.24, 2.45) is 5.92 Å². The van der Waals surface area contributed by atoms with Crippen LogP contribution in [0.2, 0.25) is 10.0 Å². The van der Waals surface area contributed by atoms with Crippen molar-refractivity contribution < 1.29 is 14.3 Å². The van der Waals surface area contributed by atoms with Crippen LogP contribution >= 0.6 is 23.2 Å². The molecule has 0 saturated heterocycles. The van der Waals surface area contributed by atoms with Crippen LogP contribution in [-0.2, 0) is 14.3 Å². The van der Waals surface area contributed by atoms with Gasteiger partial charge in [-0.15, -0.1) is 0 Å². The van der Waals surface area contributed by atoms with E-state index in [1.54, 1.807) is 11.8 Å². The fraction of sp³-hybridized carbons (Fsp3) is 0.417. The summed E-state index contributed by atoms with van der Waals surface area (Å²) in [7, 11) is 0. The number of esters is 1. The molecule has 0 aliphatic carbocycles. The zero-order chi connectivity index (χ0) is 21.8. The van der Waals surface area contributed by atoms with Crippen LogP contribution in [0.5, 0.6) is 0 Å². The number of halogens is 2. The second-order valence-corrected chi connectivity index (χ2v) is 8.90. The largest absolute Gasteiger partial charge is 0.465 e. The van der Waals surface area contributed by atoms with Gasteiger partial charge in [-0.2, -0.15) is 0 Å². The Labute approximate surface area is 188 Å². The smallest absolute Gasteiger partial charge is 0.325 e. The minimum atomic E-state index is -0.406. The van der Waals surface area contributed by atoms with Crippen LogP contribution in [0.3, 0.4) is 0 Å². The Morgan fingerprint density at radius 2 is 1.87 bits per heavy atom. The third kappa shape index (κ3) is 4.98. The zero-order valence-corrected chi connectivity index (χ0v) is 19.0. The van der Waals surface area contributed by atoms with E-state index in [4.69, 9.17) is 27.9 Å². The Bertz CT molecular complexity index is 928. The second kappa shape index (κ2) is 9.84. The van der Waals surface area contributed by atoms with E-state index in [-0.39, 0.29) is 30.9 Å². The topological polar surface area (TPSA) is 46.6 Å². The minimum Gasteiger partial charge on any atom is -0.465 e. The van der Waals surface area contributed by atoms with Crippen LogP contribution in [0, 0.1) is 5.92 Å². The number of carbonyl (C=O) groups excluding carboxylic acids is 2. The van der Waals surface area contributed by atoms with Crippen molar-refractivity contribution in [3.05, 3.63) is 69.2 Å². The van der Waals surface area contributed by atoms with Gasteiger partial charge < -0.3 is 9.64 Å². The van der Waals surface area contributed by atoms with Crippen molar-refractivity contribution in [3.63, 3.8) is 0 Å². The lowest BCUT2D eigenvalue weighted by atomic mass is 9.82. The molecule has 0 spiro atoms. The number of rotatable bonds is 6. The summed E-state index contributed by atoms with van der Waals surface area (Å²) < 4.78 is 5.13. The Morgan fingerprint density at radius 3 is 2.53 bits per heavy atom. The average molecular weight is 448 g/mol. The van der Waals surface area contributed by atoms with Crippen LogP contribution in [0.4, 0.5) is 0 Å². The molecule has 4 nitrogen and oxygen atoms in total. The highest BCUT2D eigenvalue weighted by Crippen LogP contribution is 2.41. The summed E-state index contributed by atoms with van der Waals surface area (Å²) in [6.45, 7) is 6.48. The van der Waals surface area contributed by atoms with Crippen molar-refractivity contribution >= 4 is 35.1 Å². The SMILES string of the molecule is CCOC(=O)CN1C[C@H](c2ccccc2Cl)c2cc(Cl)ccc2[C@@H](CC(C)C)C1=O. The number of ether oxygens (including phenoxy) is 1. The summed E-state index contributed by atoms with van der Waals surface area (Å²) in [6.07, 6.45) is 0.683. The van der Waals surface area contributed by atoms with Crippen molar-refractivity contribution in [1.82, 2.24) is 4.90 Å². The molecule has 160 valence electrons. The molecular weight excluding hydrogens is 421 g/mol. The normalized spacial score (nSPS) is 18.9. The third-order valence-corrected chi connectivity index (χ3v) is 6.00. The van der Waals surface area contributed by atoms with Crippen molar-refractivity contribution in [1.29, 1.82) is 0 Å². The van der Waals surface area contributed by atoms with Gasteiger partial charge in [0.2, 0.25) is 5.91 Å². The maximum atomic E-state index is 13.6. The maximum absolute atomic E-state index is 13.6. The lowest BCUT2D eigenvalue weighted by Crippen LogP contribution is -2.40. The monoisotopic (exact) mass is 447 g/mol. The molecule has 0 fully saturated rings. The zero-order valence-electron chi connectivity index (χ0n) is 17.5. The molecule has 0 aromatic heterocycles. The molecular formula is C24H27Cl2NO3. The highest BCUT2D eigenvalue weighted by atomic mass is 35.5. The van der Waals surface area contributed by atoms with Crippen molar-refractivity contribution in [2.45, 2.75) is 39.0 Å². The van der Waals surface area contributed by atoms with E-state index in [2.05, 4.69) is 13.8 Å². The third-order valence-electron chi connectivity index (χ3n) is 5.43. The van der Waals surface area contributed by atoms with Gasteiger partial charge in [-0.3, -0.25) is 9.59 Å². The summed E-state index contributed by atoms with van der Waals surface area (Å²) >= 11 is 12.9. The average Bonchev–Trinajstić information content (AvgIpc) is 2.79. The molecule has 0 bridgehead atoms. The number of hydrogen-bond donors (Lipinski definition) is 0. The van der Waals surface area contributed by atoms with E-state index in [9.17, 15) is 9.59 Å². The van der Waals surface area contributed by atoms with Crippen LogP contribution in [0.1, 0.15) is 55.7 Å². The number of hydrogen-bond acceptors (Lipinski definition) is 3. The molecule has 1 aliphatic heterocycles. The van der Waals surface area contributed by atoms with Crippen LogP contribution < -0.4 is 0 Å². The molecule has 6 heteroatoms. The number of amides is 1. The fourth-order valence-electron chi connectivity index (χ4n) is 4.15. The predicted octanol–water partition coefficient (Wildman–Crippen LogP) is 5.66. The standard InChI is InChI=1S/C24H27Cl2NO3/c1-4-30-23(28)14-27-13-21(18-7-5-6-8-22(18)26)19-12-16(25)9-10-17(19)20(24(27)29)11-15(2)3/h5-10,12,15,20-21H,4,11,13-14H2,1-3H3/t20-,21-/m1/s1. The van der Waals surface area contributed by atoms with Crippen LogP contribution in [0.15, 0.2) is 42.5 Å². The molecule has 0 N–H and O–H groups in total. The van der Waals surface area contributed by atoms with Gasteiger partial charge in [-0.05, 0) is 54.2 Å². The summed E-state index contributed by atoms with van der Waals surface area (Å²) in [5.41, 5.74) is 2.85. The van der Waals surface area contributed by atoms with Crippen molar-refractivity contribution in [2.75, 3.05) is 19.7 Å². The Morgan fingerprint density at radius 1 is 1.13 bits per heavy atom. The fourth-order valence-corrected chi connectivity index (χ4v) is 4.60. The van der Waals surface area contributed by atoms with Gasteiger partial charge in [-0.25, -0.2) is 0 Å². The van der Waals surface area contributed by atoms with Gasteiger partial charge in [0.25, 0.3) is 0 Å². The van der Waals surface area contributed by atoms with E-state index in [1.807, 2.05) is 42.5 Å². The first-order chi connectivity index (χ1) is 14.3. The van der Waals surface area contributed by atoms with Gasteiger partial charge in [0.05, 0.1) is 12.5 Å². The number of nitrogens with zero attached hydrogens (tertiary/aromatic N) is 1. The first-order valence-electron chi connectivity index (χ1n) is 10.3. The second-order valence-electron chi connectivity index (χ2n) is 8.05. The van der Waals surface area contributed by atoms with Crippen LogP contribution in [-0.4, -0.2) is 36.5 Å². The molecule has 0 unspecified atom stereocenters. The maximum Gasteiger partial charge on any atom is 0.325 e. The highest BCUT2D eigenvalue weighted by molar-refractivity contribution is 6.31. The Hall–Kier alpha value is -2.04. The van der Waals surface area contributed by atoms with E-state index < -0.39 is 5.97 Å². The first kappa shape index (κ1) is 22.6. The number of benzene rings is 2. The van der Waals surface area contributed by atoms with Crippen LogP contribution in [0.25, 0.3) is 0 Å². The predicted molar refractivity (Wildman–Crippen MR) is 120 cm³/mol. The molecule has 2 atom stereocenters. The van der Waals surface area contributed by atoms with Crippen molar-refractivity contribution in [3.8, 4) is 0 Å². The van der Waals surface area contributed by atoms with Gasteiger partial charge in [0.15, 0.2) is 0 Å². The number of fused-ring (bicyclic) bond motifs is 1. The lowest BCUT2D eigenvalue weighted by molar-refractivity contribution is -0.149. The van der Waals surface area contributed by atoms with Gasteiger partial charge in [-0.1, -0.05) is 61.3 Å². The Kier molecular flexibility index (Phi) is 7.43. The molecule has 1 aliphatic rings. The van der Waals surface area contributed by atoms with E-state index in [0.717, 1.165) is 16.7 Å². The molecule has 1 amide bonds. The summed E-state index contributed by atoms with van der Waals surface area (Å²) in [5.74, 6) is -0.697. The molecule has 3 rings (SSSR count). The van der Waals surface area contributed by atoms with Gasteiger partial charge in [0.1, 0.15) is 6.54 Å². The summed E-state index contributed by atoms with van der Waals surface area (Å²) in [5, 5.41) is 1.24. The molecule has 1 heterocycles. The molecule has 2 aromatic rings. The van der Waals surface area contributed by atoms with E-state index in [0.29, 0.717) is 28.9 Å². The molecule has 30 heavy (non-hydrogen) atoms. The van der Waals surface area contributed by atoms with E-state index >= 15 is 0 Å². The first-order valence-corrected chi connectivity index (χ1v) is 11.1. The van der Waals surface area contributed by atoms with E-state index in [1.165, 1.54) is 0 Å². The molecule has 2 aromatic carbocycles. The number of carbonyl (C=O) groups is 2. The highest BCUT2D eigenvalue weighted by Gasteiger charge is 2.37. The Balaban J connectivity index is 2.15. The summed E-state index contributed by atoms with van der Waals surface area (Å²) in [6, 6.07) is 13.3. The molecule has 0 radical (unpaired) electrons.